The quantitative estimate of drug-likeness (QED) is 0.853. The molecule has 0 bridgehead atoms. The summed E-state index contributed by atoms with van der Waals surface area (Å²) in [5.74, 6) is -0.263. The minimum Gasteiger partial charge on any atom is -0.378 e. The first-order valence-corrected chi connectivity index (χ1v) is 9.03. The topological polar surface area (TPSA) is 47.5 Å². The molecule has 0 amide bonds. The average molecular weight is 349 g/mol. The van der Waals surface area contributed by atoms with Gasteiger partial charge in [-0.05, 0) is 19.1 Å². The molecule has 24 heavy (non-hydrogen) atoms. The van der Waals surface area contributed by atoms with Crippen LogP contribution in [0.5, 0.6) is 0 Å². The molecule has 2 aliphatic rings. The Balaban J connectivity index is 1.53. The van der Waals surface area contributed by atoms with Crippen molar-refractivity contribution in [2.75, 3.05) is 32.9 Å². The second-order valence-electron chi connectivity index (χ2n) is 6.41. The highest BCUT2D eigenvalue weighted by molar-refractivity contribution is 7.14. The van der Waals surface area contributed by atoms with Gasteiger partial charge in [-0.3, -0.25) is 4.90 Å². The molecule has 7 heteroatoms. The number of benzene rings is 1. The molecule has 0 aliphatic carbocycles. The Morgan fingerprint density at radius 2 is 2.17 bits per heavy atom. The number of hydrogen-bond acceptors (Lipinski definition) is 6. The predicted molar refractivity (Wildman–Crippen MR) is 89.4 cm³/mol. The smallest absolute Gasteiger partial charge is 0.150 e. The van der Waals surface area contributed by atoms with E-state index in [4.69, 9.17) is 9.47 Å². The molecule has 128 valence electrons. The largest absolute Gasteiger partial charge is 0.378 e. The van der Waals surface area contributed by atoms with Crippen LogP contribution in [0.3, 0.4) is 0 Å². The Morgan fingerprint density at radius 1 is 1.29 bits per heavy atom. The van der Waals surface area contributed by atoms with E-state index in [0.29, 0.717) is 23.8 Å². The normalized spacial score (nSPS) is 26.1. The van der Waals surface area contributed by atoms with E-state index in [-0.39, 0.29) is 17.5 Å². The highest BCUT2D eigenvalue weighted by Crippen LogP contribution is 2.34. The van der Waals surface area contributed by atoms with E-state index in [1.54, 1.807) is 12.1 Å². The fourth-order valence-electron chi connectivity index (χ4n) is 3.33. The van der Waals surface area contributed by atoms with Crippen LogP contribution in [0.15, 0.2) is 24.3 Å². The summed E-state index contributed by atoms with van der Waals surface area (Å²) < 4.78 is 25.5. The second kappa shape index (κ2) is 6.48. The Kier molecular flexibility index (Phi) is 4.34. The van der Waals surface area contributed by atoms with Crippen molar-refractivity contribution in [2.45, 2.75) is 25.0 Å². The fraction of sp³-hybridized carbons (Fsp3) is 0.529. The van der Waals surface area contributed by atoms with Crippen LogP contribution in [0.4, 0.5) is 4.39 Å². The number of halogens is 1. The van der Waals surface area contributed by atoms with Gasteiger partial charge in [0.2, 0.25) is 0 Å². The summed E-state index contributed by atoms with van der Waals surface area (Å²) in [5.41, 5.74) is 0.335. The van der Waals surface area contributed by atoms with Crippen molar-refractivity contribution in [1.82, 2.24) is 15.1 Å². The molecule has 1 aromatic heterocycles. The molecule has 3 heterocycles. The minimum absolute atomic E-state index is 0.129. The van der Waals surface area contributed by atoms with E-state index in [1.807, 2.05) is 6.07 Å². The summed E-state index contributed by atoms with van der Waals surface area (Å²) >= 11 is 1.46. The van der Waals surface area contributed by atoms with E-state index in [0.717, 1.165) is 31.1 Å². The monoisotopic (exact) mass is 349 g/mol. The van der Waals surface area contributed by atoms with Gasteiger partial charge in [0.05, 0.1) is 19.3 Å². The van der Waals surface area contributed by atoms with E-state index < -0.39 is 0 Å². The third kappa shape index (κ3) is 2.97. The number of hydrogen-bond donors (Lipinski definition) is 0. The lowest BCUT2D eigenvalue weighted by Crippen LogP contribution is -2.52. The SMILES string of the molecule is C[C@H](c1nnc(-c2ccccc2F)s1)N1CCO[C@]2(CCOC2)C1. The van der Waals surface area contributed by atoms with Crippen molar-refractivity contribution in [1.29, 1.82) is 0 Å². The van der Waals surface area contributed by atoms with Crippen molar-refractivity contribution < 1.29 is 13.9 Å². The molecule has 2 saturated heterocycles. The molecule has 2 aromatic rings. The van der Waals surface area contributed by atoms with Gasteiger partial charge >= 0.3 is 0 Å². The molecule has 2 aliphatic heterocycles. The molecule has 1 aromatic carbocycles. The van der Waals surface area contributed by atoms with Crippen LogP contribution in [0.1, 0.15) is 24.4 Å². The van der Waals surface area contributed by atoms with Gasteiger partial charge in [0.1, 0.15) is 16.4 Å². The zero-order valence-electron chi connectivity index (χ0n) is 13.6. The minimum atomic E-state index is -0.263. The first kappa shape index (κ1) is 16.1. The molecule has 0 unspecified atom stereocenters. The molecule has 0 radical (unpaired) electrons. The highest BCUT2D eigenvalue weighted by Gasteiger charge is 2.42. The number of ether oxygens (including phenoxy) is 2. The zero-order valence-corrected chi connectivity index (χ0v) is 14.4. The van der Waals surface area contributed by atoms with Crippen molar-refractivity contribution >= 4 is 11.3 Å². The van der Waals surface area contributed by atoms with E-state index in [2.05, 4.69) is 22.0 Å². The van der Waals surface area contributed by atoms with Gasteiger partial charge in [0.15, 0.2) is 5.01 Å². The molecule has 0 N–H and O–H groups in total. The van der Waals surface area contributed by atoms with Crippen LogP contribution < -0.4 is 0 Å². The van der Waals surface area contributed by atoms with Crippen LogP contribution in [0, 0.1) is 5.82 Å². The summed E-state index contributed by atoms with van der Waals surface area (Å²) in [7, 11) is 0. The molecule has 5 nitrogen and oxygen atoms in total. The Labute approximate surface area is 144 Å². The van der Waals surface area contributed by atoms with Crippen LogP contribution >= 0.6 is 11.3 Å². The summed E-state index contributed by atoms with van der Waals surface area (Å²) in [5, 5.41) is 10.0. The third-order valence-corrected chi connectivity index (χ3v) is 5.92. The maximum atomic E-state index is 13.9. The van der Waals surface area contributed by atoms with Gasteiger partial charge < -0.3 is 9.47 Å². The van der Waals surface area contributed by atoms with Crippen molar-refractivity contribution in [3.05, 3.63) is 35.1 Å². The van der Waals surface area contributed by atoms with Gasteiger partial charge in [0, 0.05) is 31.7 Å². The van der Waals surface area contributed by atoms with E-state index in [9.17, 15) is 4.39 Å². The van der Waals surface area contributed by atoms with Crippen LogP contribution in [-0.2, 0) is 9.47 Å². The lowest BCUT2D eigenvalue weighted by atomic mass is 10.00. The molecular weight excluding hydrogens is 329 g/mol. The van der Waals surface area contributed by atoms with Crippen LogP contribution in [0.2, 0.25) is 0 Å². The summed E-state index contributed by atoms with van der Waals surface area (Å²) in [6.45, 7) is 5.94. The lowest BCUT2D eigenvalue weighted by Gasteiger charge is -2.41. The third-order valence-electron chi connectivity index (χ3n) is 4.80. The second-order valence-corrected chi connectivity index (χ2v) is 7.41. The standard InChI is InChI=1S/C17H20FN3O2S/c1-12(21-7-9-23-17(10-21)6-8-22-11-17)15-19-20-16(24-15)13-4-2-3-5-14(13)18/h2-5,12H,6-11H2,1H3/t12-,17-/m1/s1. The van der Waals surface area contributed by atoms with Crippen molar-refractivity contribution in [3.63, 3.8) is 0 Å². The van der Waals surface area contributed by atoms with Crippen LogP contribution in [0.25, 0.3) is 10.6 Å². The molecule has 4 rings (SSSR count). The van der Waals surface area contributed by atoms with Gasteiger partial charge in [-0.2, -0.15) is 0 Å². The fourth-order valence-corrected chi connectivity index (χ4v) is 4.29. The number of aromatic nitrogens is 2. The predicted octanol–water partition coefficient (Wildman–Crippen LogP) is 2.90. The van der Waals surface area contributed by atoms with Crippen LogP contribution in [-0.4, -0.2) is 53.6 Å². The lowest BCUT2D eigenvalue weighted by molar-refractivity contribution is -0.117. The van der Waals surface area contributed by atoms with Gasteiger partial charge in [0.25, 0.3) is 0 Å². The van der Waals surface area contributed by atoms with E-state index >= 15 is 0 Å². The number of nitrogens with zero attached hydrogens (tertiary/aromatic N) is 3. The Morgan fingerprint density at radius 3 is 2.96 bits per heavy atom. The molecule has 2 atom stereocenters. The maximum absolute atomic E-state index is 13.9. The first-order chi connectivity index (χ1) is 11.7. The maximum Gasteiger partial charge on any atom is 0.150 e. The molecular formula is C17H20FN3O2S. The van der Waals surface area contributed by atoms with Gasteiger partial charge in [-0.25, -0.2) is 4.39 Å². The zero-order chi connectivity index (χ0) is 16.6. The van der Waals surface area contributed by atoms with Crippen molar-refractivity contribution in [2.24, 2.45) is 0 Å². The van der Waals surface area contributed by atoms with Gasteiger partial charge in [-0.1, -0.05) is 23.5 Å². The number of rotatable bonds is 3. The molecule has 2 fully saturated rings. The summed E-state index contributed by atoms with van der Waals surface area (Å²) in [4.78, 5) is 2.36. The molecule has 1 spiro atoms. The summed E-state index contributed by atoms with van der Waals surface area (Å²) in [6, 6.07) is 6.81. The summed E-state index contributed by atoms with van der Waals surface area (Å²) in [6.07, 6.45) is 0.937. The first-order valence-electron chi connectivity index (χ1n) is 8.21. The number of morpholine rings is 1. The average Bonchev–Trinajstić information content (AvgIpc) is 3.25. The van der Waals surface area contributed by atoms with E-state index in [1.165, 1.54) is 17.4 Å². The van der Waals surface area contributed by atoms with Gasteiger partial charge in [-0.15, -0.1) is 10.2 Å². The highest BCUT2D eigenvalue weighted by atomic mass is 32.1. The molecule has 0 saturated carbocycles. The van der Waals surface area contributed by atoms with Crippen molar-refractivity contribution in [3.8, 4) is 10.6 Å². The Bertz CT molecular complexity index is 717. The Hall–Kier alpha value is -1.41.